The van der Waals surface area contributed by atoms with Crippen LogP contribution in [0.25, 0.3) is 89.2 Å². The Balaban J connectivity index is 0.000000151. The Labute approximate surface area is 312 Å². The summed E-state index contributed by atoms with van der Waals surface area (Å²) in [4.78, 5) is 17.3. The fourth-order valence-corrected chi connectivity index (χ4v) is 5.84. The molecule has 0 aliphatic carbocycles. The number of hydrogen-bond donors (Lipinski definition) is 0. The number of fused-ring (bicyclic) bond motifs is 4. The van der Waals surface area contributed by atoms with E-state index in [0.717, 1.165) is 71.8 Å². The Kier molecular flexibility index (Phi) is 8.62. The molecule has 252 valence electrons. The third kappa shape index (κ3) is 5.49. The quantitative estimate of drug-likeness (QED) is 0.171. The van der Waals surface area contributed by atoms with E-state index in [0.29, 0.717) is 17.3 Å². The number of nitrogens with zero attached hydrogens (tertiary/aromatic N) is 8. The number of aryl methyl sites for hydroxylation is 4. The number of hydrogen-bond acceptors (Lipinski definition) is 8. The maximum absolute atomic E-state index is 5.75. The van der Waals surface area contributed by atoms with Crippen molar-refractivity contribution >= 4 is 43.5 Å². The minimum absolute atomic E-state index is 0. The summed E-state index contributed by atoms with van der Waals surface area (Å²) in [6.45, 7) is 0. The van der Waals surface area contributed by atoms with Gasteiger partial charge in [-0.3, -0.25) is 0 Å². The maximum atomic E-state index is 5.75. The summed E-state index contributed by atoms with van der Waals surface area (Å²) >= 11 is 0. The fourth-order valence-electron chi connectivity index (χ4n) is 5.84. The molecule has 0 aliphatic rings. The first-order chi connectivity index (χ1) is 23.4. The van der Waals surface area contributed by atoms with Crippen molar-refractivity contribution in [2.75, 3.05) is 0 Å². The van der Waals surface area contributed by atoms with Crippen LogP contribution >= 0.6 is 0 Å². The van der Waals surface area contributed by atoms with Crippen LogP contribution in [0.1, 0.15) is 0 Å². The van der Waals surface area contributed by atoms with Crippen LogP contribution in [-0.2, 0) is 70.3 Å². The third-order valence-corrected chi connectivity index (χ3v) is 8.24. The smallest absolute Gasteiger partial charge is 0.522 e. The summed E-state index contributed by atoms with van der Waals surface area (Å²) in [6, 6.07) is 10.8. The molecule has 0 saturated heterocycles. The number of aromatic nitrogens is 8. The van der Waals surface area contributed by atoms with E-state index in [9.17, 15) is 0 Å². The molecule has 8 aromatic heterocycles. The van der Waals surface area contributed by atoms with E-state index in [1.807, 2.05) is 72.6 Å². The first kappa shape index (κ1) is 33.3. The Hall–Kier alpha value is -5.18. The summed E-state index contributed by atoms with van der Waals surface area (Å²) in [5, 5.41) is 5.33. The van der Waals surface area contributed by atoms with Crippen LogP contribution in [0.15, 0.2) is 92.2 Å². The van der Waals surface area contributed by atoms with E-state index >= 15 is 0 Å². The zero-order valence-electron chi connectivity index (χ0n) is 26.8. The van der Waals surface area contributed by atoms with E-state index in [1.54, 1.807) is 48.3 Å². The molecule has 0 atom stereocenters. The second-order valence-electron chi connectivity index (χ2n) is 11.5. The monoisotopic (exact) mass is 1020 g/mol. The second kappa shape index (κ2) is 12.9. The Morgan fingerprint density at radius 2 is 1.28 bits per heavy atom. The average Bonchev–Trinajstić information content (AvgIpc) is 3.91. The summed E-state index contributed by atoms with van der Waals surface area (Å²) in [7, 11) is 7.66. The molecule has 0 saturated carbocycles. The van der Waals surface area contributed by atoms with E-state index in [4.69, 9.17) is 17.7 Å². The van der Waals surface area contributed by atoms with Gasteiger partial charge in [0.2, 0.25) is 0 Å². The van der Waals surface area contributed by atoms with Gasteiger partial charge < -0.3 is 45.9 Å². The van der Waals surface area contributed by atoms with Crippen LogP contribution < -0.4 is 0 Å². The summed E-state index contributed by atoms with van der Waals surface area (Å²) in [5.74, 6) is 2.84. The largest absolute Gasteiger partial charge is 2.00 e. The summed E-state index contributed by atoms with van der Waals surface area (Å²) < 4.78 is 30.3. The normalized spacial score (nSPS) is 11.3. The standard InChI is InChI=1S/2C18H12N4O2.2Pt/c2*1-21-7-15(20-10-21)14-9-23-16-5-11-8-24-17(12(11)6-13(14)16)18-19-3-4-22(18)2;;/h4-5,7-10H,1-2H3;3-5,7-9H,1-2H3;;/q2*-2;2*+2. The summed E-state index contributed by atoms with van der Waals surface area (Å²) in [5.41, 5.74) is 4.94. The van der Waals surface area contributed by atoms with Crippen molar-refractivity contribution in [3.63, 3.8) is 0 Å². The number of furan rings is 4. The van der Waals surface area contributed by atoms with Crippen molar-refractivity contribution in [3.8, 4) is 45.7 Å². The van der Waals surface area contributed by atoms with Gasteiger partial charge in [0.05, 0.1) is 42.0 Å². The van der Waals surface area contributed by atoms with Crippen LogP contribution in [-0.4, -0.2) is 38.2 Å². The van der Waals surface area contributed by atoms with Crippen molar-refractivity contribution in [3.05, 3.63) is 99.2 Å². The van der Waals surface area contributed by atoms with E-state index in [1.165, 1.54) is 0 Å². The first-order valence-corrected chi connectivity index (χ1v) is 14.9. The van der Waals surface area contributed by atoms with E-state index in [2.05, 4.69) is 44.6 Å². The van der Waals surface area contributed by atoms with Gasteiger partial charge in [-0.05, 0) is 30.9 Å². The fraction of sp³-hybridized carbons (Fsp3) is 0.111. The molecule has 0 amide bonds. The molecule has 12 nitrogen and oxygen atoms in total. The molecule has 14 heteroatoms. The predicted octanol–water partition coefficient (Wildman–Crippen LogP) is 7.16. The zero-order chi connectivity index (χ0) is 32.5. The molecule has 0 N–H and O–H groups in total. The van der Waals surface area contributed by atoms with Crippen LogP contribution in [0.5, 0.6) is 0 Å². The van der Waals surface area contributed by atoms with Crippen LogP contribution in [0.3, 0.4) is 0 Å². The van der Waals surface area contributed by atoms with Crippen molar-refractivity contribution in [2.24, 2.45) is 28.2 Å². The average molecular weight is 1020 g/mol. The predicted molar refractivity (Wildman–Crippen MR) is 176 cm³/mol. The van der Waals surface area contributed by atoms with Crippen LogP contribution in [0.4, 0.5) is 0 Å². The van der Waals surface area contributed by atoms with Gasteiger partial charge in [0, 0.05) is 51.0 Å². The van der Waals surface area contributed by atoms with Crippen molar-refractivity contribution in [1.82, 2.24) is 38.2 Å². The molecular weight excluding hydrogens is 999 g/mol. The van der Waals surface area contributed by atoms with Gasteiger partial charge in [0.1, 0.15) is 11.6 Å². The van der Waals surface area contributed by atoms with Crippen molar-refractivity contribution in [2.45, 2.75) is 0 Å². The van der Waals surface area contributed by atoms with Gasteiger partial charge in [0.25, 0.3) is 0 Å². The van der Waals surface area contributed by atoms with Gasteiger partial charge in [-0.2, -0.15) is 0 Å². The zero-order valence-corrected chi connectivity index (χ0v) is 31.3. The first-order valence-electron chi connectivity index (χ1n) is 14.9. The number of rotatable bonds is 4. The molecule has 0 radical (unpaired) electrons. The molecule has 50 heavy (non-hydrogen) atoms. The molecule has 10 aromatic rings. The maximum Gasteiger partial charge on any atom is 2.00 e. The van der Waals surface area contributed by atoms with Crippen LogP contribution in [0, 0.1) is 24.7 Å². The Morgan fingerprint density at radius 1 is 0.640 bits per heavy atom. The van der Waals surface area contributed by atoms with Gasteiger partial charge >= 0.3 is 42.1 Å². The van der Waals surface area contributed by atoms with Gasteiger partial charge in [-0.1, -0.05) is 56.5 Å². The molecule has 0 bridgehead atoms. The molecule has 0 spiro atoms. The minimum Gasteiger partial charge on any atom is -0.522 e. The molecule has 2 aromatic carbocycles. The minimum atomic E-state index is 0. The molecule has 8 heterocycles. The third-order valence-electron chi connectivity index (χ3n) is 8.24. The summed E-state index contributed by atoms with van der Waals surface area (Å²) in [6.07, 6.45) is 23.5. The van der Waals surface area contributed by atoms with E-state index < -0.39 is 0 Å². The number of imidazole rings is 4. The topological polar surface area (TPSA) is 124 Å². The van der Waals surface area contributed by atoms with Gasteiger partial charge in [-0.15, -0.1) is 24.5 Å². The molecular formula is C36H24N8O4Pt2. The van der Waals surface area contributed by atoms with Crippen molar-refractivity contribution < 1.29 is 59.8 Å². The second-order valence-corrected chi connectivity index (χ2v) is 11.5. The molecule has 0 aliphatic heterocycles. The van der Waals surface area contributed by atoms with Gasteiger partial charge in [0.15, 0.2) is 0 Å². The van der Waals surface area contributed by atoms with Crippen LogP contribution in [0.2, 0.25) is 0 Å². The molecule has 0 fully saturated rings. The molecule has 10 rings (SSSR count). The van der Waals surface area contributed by atoms with Gasteiger partial charge in [-0.25, -0.2) is 9.97 Å². The number of benzene rings is 2. The van der Waals surface area contributed by atoms with Crippen molar-refractivity contribution in [1.29, 1.82) is 0 Å². The molecule has 0 unspecified atom stereocenters. The Bertz CT molecular complexity index is 2580. The van der Waals surface area contributed by atoms with E-state index in [-0.39, 0.29) is 42.1 Å². The Morgan fingerprint density at radius 3 is 1.80 bits per heavy atom. The SMILES string of the molecule is Cn1[c-]nc(-c2coc3cc4coc(-c5nccn5C)c4[c-]c23)c1.Cn1cnc(-c2coc3cc4coc(-c5n[c-]cn5C)c4[c-]c23)c1.[Pt+2].[Pt+2].